The minimum absolute atomic E-state index is 0.0596. The number of phenolic OH excluding ortho intramolecular Hbond substituents is 1. The van der Waals surface area contributed by atoms with Gasteiger partial charge in [0.1, 0.15) is 5.75 Å². The quantitative estimate of drug-likeness (QED) is 0.746. The van der Waals surface area contributed by atoms with Crippen LogP contribution in [0.1, 0.15) is 58.2 Å². The molecule has 0 radical (unpaired) electrons. The van der Waals surface area contributed by atoms with E-state index in [1.807, 2.05) is 6.07 Å². The Bertz CT molecular complexity index is 459. The van der Waals surface area contributed by atoms with Crippen molar-refractivity contribution in [3.8, 4) is 5.75 Å². The van der Waals surface area contributed by atoms with Gasteiger partial charge in [-0.3, -0.25) is 4.99 Å². The Morgan fingerprint density at radius 1 is 1.00 bits per heavy atom. The van der Waals surface area contributed by atoms with Crippen LogP contribution < -0.4 is 0 Å². The Hall–Kier alpha value is -1.31. The maximum absolute atomic E-state index is 10.4. The fraction of sp³-hybridized carbons (Fsp3) is 0.562. The van der Waals surface area contributed by atoms with Gasteiger partial charge in [0.2, 0.25) is 0 Å². The van der Waals surface area contributed by atoms with Crippen molar-refractivity contribution in [3.05, 3.63) is 28.8 Å². The summed E-state index contributed by atoms with van der Waals surface area (Å²) in [6, 6.07) is 4.14. The lowest BCUT2D eigenvalue weighted by Crippen LogP contribution is -2.17. The largest absolute Gasteiger partial charge is 0.507 e. The Labute approximate surface area is 111 Å². The van der Waals surface area contributed by atoms with Gasteiger partial charge in [-0.25, -0.2) is 0 Å². The molecule has 2 heteroatoms. The molecule has 100 valence electrons. The number of hydrogen-bond donors (Lipinski definition) is 1. The van der Waals surface area contributed by atoms with Crippen LogP contribution in [0.15, 0.2) is 17.1 Å². The van der Waals surface area contributed by atoms with Crippen molar-refractivity contribution in [2.24, 2.45) is 4.99 Å². The second-order valence-corrected chi connectivity index (χ2v) is 6.85. The van der Waals surface area contributed by atoms with Crippen molar-refractivity contribution in [1.82, 2.24) is 0 Å². The van der Waals surface area contributed by atoms with Gasteiger partial charge in [0.25, 0.3) is 0 Å². The van der Waals surface area contributed by atoms with Crippen molar-refractivity contribution < 1.29 is 5.11 Å². The lowest BCUT2D eigenvalue weighted by molar-refractivity contribution is 0.444. The van der Waals surface area contributed by atoms with Gasteiger partial charge in [0.15, 0.2) is 0 Å². The molecule has 0 heterocycles. The zero-order valence-electron chi connectivity index (χ0n) is 12.6. The lowest BCUT2D eigenvalue weighted by Gasteiger charge is -2.26. The van der Waals surface area contributed by atoms with Crippen LogP contribution in [-0.4, -0.2) is 18.4 Å². The summed E-state index contributed by atoms with van der Waals surface area (Å²) in [5.74, 6) is 0.348. The van der Waals surface area contributed by atoms with E-state index in [0.29, 0.717) is 5.75 Å². The molecule has 2 nitrogen and oxygen atoms in total. The first kappa shape index (κ1) is 14.7. The molecule has 0 aromatic heterocycles. The van der Waals surface area contributed by atoms with Crippen molar-refractivity contribution in [1.29, 1.82) is 0 Å². The van der Waals surface area contributed by atoms with Gasteiger partial charge < -0.3 is 5.11 Å². The molecule has 0 saturated carbocycles. The summed E-state index contributed by atoms with van der Waals surface area (Å²) >= 11 is 0. The Balaban J connectivity index is 3.57. The first-order valence-corrected chi connectivity index (χ1v) is 6.37. The monoisotopic (exact) mass is 247 g/mol. The second kappa shape index (κ2) is 4.75. The number of aromatic hydroxyl groups is 1. The molecule has 0 aliphatic heterocycles. The number of phenols is 1. The smallest absolute Gasteiger partial charge is 0.128 e. The van der Waals surface area contributed by atoms with Crippen LogP contribution in [0.4, 0.5) is 0 Å². The molecular weight excluding hydrogens is 222 g/mol. The first-order valence-electron chi connectivity index (χ1n) is 6.37. The summed E-state index contributed by atoms with van der Waals surface area (Å²) in [7, 11) is 1.72. The van der Waals surface area contributed by atoms with E-state index in [0.717, 1.165) is 11.1 Å². The van der Waals surface area contributed by atoms with Crippen LogP contribution in [-0.2, 0) is 10.8 Å². The summed E-state index contributed by atoms with van der Waals surface area (Å²) in [6.07, 6.45) is 1.72. The molecule has 0 atom stereocenters. The Morgan fingerprint density at radius 3 is 1.94 bits per heavy atom. The summed E-state index contributed by atoms with van der Waals surface area (Å²) in [5.41, 5.74) is 2.98. The molecule has 0 unspecified atom stereocenters. The van der Waals surface area contributed by atoms with Crippen LogP contribution >= 0.6 is 0 Å². The molecule has 1 N–H and O–H groups in total. The van der Waals surface area contributed by atoms with E-state index in [-0.39, 0.29) is 10.8 Å². The van der Waals surface area contributed by atoms with Crippen molar-refractivity contribution in [2.75, 3.05) is 7.05 Å². The highest BCUT2D eigenvalue weighted by atomic mass is 16.3. The molecule has 0 aliphatic carbocycles. The third kappa shape index (κ3) is 3.12. The average molecular weight is 247 g/mol. The summed E-state index contributed by atoms with van der Waals surface area (Å²) in [4.78, 5) is 4.03. The molecule has 0 bridgehead atoms. The fourth-order valence-electron chi connectivity index (χ4n) is 1.90. The minimum Gasteiger partial charge on any atom is -0.507 e. The summed E-state index contributed by atoms with van der Waals surface area (Å²) in [6.45, 7) is 12.9. The van der Waals surface area contributed by atoms with Gasteiger partial charge in [0.05, 0.1) is 0 Å². The molecule has 0 amide bonds. The van der Waals surface area contributed by atoms with Crippen LogP contribution in [0.2, 0.25) is 0 Å². The molecule has 18 heavy (non-hydrogen) atoms. The number of nitrogens with zero attached hydrogens (tertiary/aromatic N) is 1. The van der Waals surface area contributed by atoms with Crippen LogP contribution in [0, 0.1) is 0 Å². The van der Waals surface area contributed by atoms with E-state index in [1.54, 1.807) is 13.3 Å². The number of aliphatic imine (C=N–C) groups is 1. The lowest BCUT2D eigenvalue weighted by atomic mass is 9.79. The maximum Gasteiger partial charge on any atom is 0.128 e. The van der Waals surface area contributed by atoms with Gasteiger partial charge in [-0.15, -0.1) is 0 Å². The highest BCUT2D eigenvalue weighted by Crippen LogP contribution is 2.36. The molecule has 0 saturated heterocycles. The van der Waals surface area contributed by atoms with E-state index < -0.39 is 0 Å². The Kier molecular flexibility index (Phi) is 3.89. The molecule has 0 spiro atoms. The van der Waals surface area contributed by atoms with E-state index in [2.05, 4.69) is 52.6 Å². The highest BCUT2D eigenvalue weighted by Gasteiger charge is 2.24. The van der Waals surface area contributed by atoms with Crippen molar-refractivity contribution >= 4 is 6.21 Å². The third-order valence-electron chi connectivity index (χ3n) is 3.08. The van der Waals surface area contributed by atoms with Gasteiger partial charge in [-0.1, -0.05) is 47.6 Å². The van der Waals surface area contributed by atoms with Gasteiger partial charge >= 0.3 is 0 Å². The SMILES string of the molecule is CN=Cc1cc(C(C)(C)C)cc(C(C)(C)C)c1O. The standard InChI is InChI=1S/C16H25NO/c1-15(2,3)12-8-11(10-17-7)14(18)13(9-12)16(4,5)6/h8-10,18H,1-7H3. The molecule has 0 aliphatic rings. The topological polar surface area (TPSA) is 32.6 Å². The first-order chi connectivity index (χ1) is 8.07. The fourth-order valence-corrected chi connectivity index (χ4v) is 1.90. The van der Waals surface area contributed by atoms with E-state index in [1.165, 1.54) is 5.56 Å². The predicted molar refractivity (Wildman–Crippen MR) is 79.0 cm³/mol. The molecule has 1 rings (SSSR count). The van der Waals surface area contributed by atoms with Gasteiger partial charge in [-0.05, 0) is 22.5 Å². The van der Waals surface area contributed by atoms with Crippen LogP contribution in [0.3, 0.4) is 0 Å². The molecule has 1 aromatic carbocycles. The number of rotatable bonds is 1. The van der Waals surface area contributed by atoms with E-state index in [4.69, 9.17) is 0 Å². The molecule has 0 fully saturated rings. The van der Waals surface area contributed by atoms with Gasteiger partial charge in [0, 0.05) is 24.4 Å². The minimum atomic E-state index is -0.0817. The normalized spacial score (nSPS) is 13.3. The molecule has 1 aromatic rings. The zero-order valence-corrected chi connectivity index (χ0v) is 12.6. The predicted octanol–water partition coefficient (Wildman–Crippen LogP) is 4.04. The van der Waals surface area contributed by atoms with E-state index in [9.17, 15) is 5.11 Å². The maximum atomic E-state index is 10.4. The number of benzene rings is 1. The zero-order chi connectivity index (χ0) is 14.1. The van der Waals surface area contributed by atoms with Crippen molar-refractivity contribution in [2.45, 2.75) is 52.4 Å². The summed E-state index contributed by atoms with van der Waals surface area (Å²) in [5, 5.41) is 10.4. The summed E-state index contributed by atoms with van der Waals surface area (Å²) < 4.78 is 0. The highest BCUT2D eigenvalue weighted by molar-refractivity contribution is 5.84. The Morgan fingerprint density at radius 2 is 1.56 bits per heavy atom. The third-order valence-corrected chi connectivity index (χ3v) is 3.08. The van der Waals surface area contributed by atoms with Crippen LogP contribution in [0.25, 0.3) is 0 Å². The van der Waals surface area contributed by atoms with E-state index >= 15 is 0 Å². The second-order valence-electron chi connectivity index (χ2n) is 6.85. The number of hydrogen-bond acceptors (Lipinski definition) is 2. The molecular formula is C16H25NO. The van der Waals surface area contributed by atoms with Crippen LogP contribution in [0.5, 0.6) is 5.75 Å². The van der Waals surface area contributed by atoms with Crippen molar-refractivity contribution in [3.63, 3.8) is 0 Å². The van der Waals surface area contributed by atoms with Gasteiger partial charge in [-0.2, -0.15) is 0 Å². The average Bonchev–Trinajstić information content (AvgIpc) is 2.17.